The first-order valence-corrected chi connectivity index (χ1v) is 5.25. The van der Waals surface area contributed by atoms with Gasteiger partial charge in [-0.05, 0) is 12.1 Å². The third-order valence-electron chi connectivity index (χ3n) is 2.60. The number of carbonyl (C=O) groups is 1. The van der Waals surface area contributed by atoms with Gasteiger partial charge in [-0.3, -0.25) is 4.79 Å². The van der Waals surface area contributed by atoms with Crippen LogP contribution >= 0.6 is 0 Å². The minimum absolute atomic E-state index is 0.0519. The lowest BCUT2D eigenvalue weighted by atomic mass is 9.99. The number of ether oxygens (including phenoxy) is 1. The van der Waals surface area contributed by atoms with Crippen LogP contribution in [0.1, 0.15) is 10.4 Å². The topological polar surface area (TPSA) is 26.3 Å². The van der Waals surface area contributed by atoms with Crippen LogP contribution < -0.4 is 4.74 Å². The maximum atomic E-state index is 13.9. The first-order valence-electron chi connectivity index (χ1n) is 5.25. The molecule has 4 heteroatoms. The number of carbonyl (C=O) groups excluding carboxylic acids is 1. The van der Waals surface area contributed by atoms with Crippen LogP contribution in [0.4, 0.5) is 8.78 Å². The van der Waals surface area contributed by atoms with Crippen LogP contribution in [-0.4, -0.2) is 13.4 Å². The molecule has 0 aliphatic carbocycles. The van der Waals surface area contributed by atoms with Crippen molar-refractivity contribution in [3.8, 4) is 16.9 Å². The zero-order chi connectivity index (χ0) is 13.1. The quantitative estimate of drug-likeness (QED) is 0.777. The Kier molecular flexibility index (Phi) is 3.37. The van der Waals surface area contributed by atoms with Crippen molar-refractivity contribution in [2.75, 3.05) is 7.11 Å². The van der Waals surface area contributed by atoms with Crippen LogP contribution in [0.5, 0.6) is 5.75 Å². The summed E-state index contributed by atoms with van der Waals surface area (Å²) in [5.74, 6) is -1.05. The maximum Gasteiger partial charge on any atom is 0.150 e. The minimum Gasteiger partial charge on any atom is -0.497 e. The van der Waals surface area contributed by atoms with E-state index < -0.39 is 11.6 Å². The van der Waals surface area contributed by atoms with Crippen molar-refractivity contribution in [2.45, 2.75) is 0 Å². The number of benzene rings is 2. The van der Waals surface area contributed by atoms with Gasteiger partial charge in [-0.2, -0.15) is 0 Å². The lowest BCUT2D eigenvalue weighted by molar-refractivity contribution is 0.112. The van der Waals surface area contributed by atoms with E-state index in [0.29, 0.717) is 6.29 Å². The molecule has 0 N–H and O–H groups in total. The molecule has 92 valence electrons. The van der Waals surface area contributed by atoms with Crippen LogP contribution in [-0.2, 0) is 0 Å². The molecule has 0 amide bonds. The van der Waals surface area contributed by atoms with Gasteiger partial charge in [0.05, 0.1) is 7.11 Å². The van der Waals surface area contributed by atoms with E-state index >= 15 is 0 Å². The molecule has 0 heterocycles. The van der Waals surface area contributed by atoms with Crippen LogP contribution in [0.3, 0.4) is 0 Å². The van der Waals surface area contributed by atoms with Gasteiger partial charge >= 0.3 is 0 Å². The molecule has 0 aromatic heterocycles. The van der Waals surface area contributed by atoms with E-state index in [1.54, 1.807) is 6.07 Å². The van der Waals surface area contributed by atoms with E-state index in [9.17, 15) is 13.6 Å². The Morgan fingerprint density at radius 1 is 1.11 bits per heavy atom. The van der Waals surface area contributed by atoms with Gasteiger partial charge in [0, 0.05) is 22.8 Å². The number of aldehydes is 1. The number of halogens is 2. The van der Waals surface area contributed by atoms with E-state index in [-0.39, 0.29) is 22.4 Å². The van der Waals surface area contributed by atoms with Gasteiger partial charge in [-0.15, -0.1) is 0 Å². The monoisotopic (exact) mass is 248 g/mol. The van der Waals surface area contributed by atoms with Crippen molar-refractivity contribution in [1.29, 1.82) is 0 Å². The van der Waals surface area contributed by atoms with Crippen molar-refractivity contribution < 1.29 is 18.3 Å². The standard InChI is InChI=1S/C14H10F2O2/c1-18-10-6-9(8-17)14(13(16)7-10)11-4-2-3-5-12(11)15/h2-8H,1H3. The van der Waals surface area contributed by atoms with Gasteiger partial charge in [-0.25, -0.2) is 8.78 Å². The summed E-state index contributed by atoms with van der Waals surface area (Å²) in [5, 5.41) is 0. The average molecular weight is 248 g/mol. The second-order valence-corrected chi connectivity index (χ2v) is 3.67. The van der Waals surface area contributed by atoms with E-state index in [1.807, 2.05) is 0 Å². The summed E-state index contributed by atoms with van der Waals surface area (Å²) in [6, 6.07) is 8.21. The maximum absolute atomic E-state index is 13.9. The van der Waals surface area contributed by atoms with Gasteiger partial charge in [0.1, 0.15) is 17.4 Å². The molecule has 18 heavy (non-hydrogen) atoms. The SMILES string of the molecule is COc1cc(F)c(-c2ccccc2F)c(C=O)c1. The van der Waals surface area contributed by atoms with Crippen molar-refractivity contribution in [1.82, 2.24) is 0 Å². The summed E-state index contributed by atoms with van der Waals surface area (Å²) < 4.78 is 32.5. The fourth-order valence-electron chi connectivity index (χ4n) is 1.76. The van der Waals surface area contributed by atoms with Gasteiger partial charge in [0.25, 0.3) is 0 Å². The molecular weight excluding hydrogens is 238 g/mol. The third-order valence-corrected chi connectivity index (χ3v) is 2.60. The summed E-state index contributed by atoms with van der Waals surface area (Å²) >= 11 is 0. The van der Waals surface area contributed by atoms with Crippen LogP contribution in [0.15, 0.2) is 36.4 Å². The number of methoxy groups -OCH3 is 1. The van der Waals surface area contributed by atoms with Crippen LogP contribution in [0.2, 0.25) is 0 Å². The summed E-state index contributed by atoms with van der Waals surface area (Å²) in [7, 11) is 1.37. The number of rotatable bonds is 3. The molecular formula is C14H10F2O2. The summed E-state index contributed by atoms with van der Waals surface area (Å²) in [6.45, 7) is 0. The molecule has 2 aromatic carbocycles. The normalized spacial score (nSPS) is 10.2. The Morgan fingerprint density at radius 3 is 2.44 bits per heavy atom. The molecule has 2 rings (SSSR count). The highest BCUT2D eigenvalue weighted by atomic mass is 19.1. The van der Waals surface area contributed by atoms with Crippen molar-refractivity contribution in [3.05, 3.63) is 53.6 Å². The molecule has 2 nitrogen and oxygen atoms in total. The number of hydrogen-bond donors (Lipinski definition) is 0. The lowest BCUT2D eigenvalue weighted by Gasteiger charge is -2.10. The van der Waals surface area contributed by atoms with Crippen molar-refractivity contribution in [3.63, 3.8) is 0 Å². The Balaban J connectivity index is 2.71. The van der Waals surface area contributed by atoms with Crippen LogP contribution in [0.25, 0.3) is 11.1 Å². The zero-order valence-corrected chi connectivity index (χ0v) is 9.61. The first-order chi connectivity index (χ1) is 8.67. The van der Waals surface area contributed by atoms with Gasteiger partial charge in [0.15, 0.2) is 6.29 Å². The first kappa shape index (κ1) is 12.2. The number of hydrogen-bond acceptors (Lipinski definition) is 2. The fourth-order valence-corrected chi connectivity index (χ4v) is 1.76. The highest BCUT2D eigenvalue weighted by Crippen LogP contribution is 2.31. The summed E-state index contributed by atoms with van der Waals surface area (Å²) in [5.41, 5.74) is 0.0561. The predicted molar refractivity (Wildman–Crippen MR) is 63.7 cm³/mol. The van der Waals surface area contributed by atoms with E-state index in [2.05, 4.69) is 0 Å². The van der Waals surface area contributed by atoms with E-state index in [1.165, 1.54) is 31.4 Å². The smallest absolute Gasteiger partial charge is 0.150 e. The van der Waals surface area contributed by atoms with Crippen molar-refractivity contribution in [2.24, 2.45) is 0 Å². The lowest BCUT2D eigenvalue weighted by Crippen LogP contribution is -1.96. The molecule has 0 aliphatic heterocycles. The minimum atomic E-state index is -0.693. The predicted octanol–water partition coefficient (Wildman–Crippen LogP) is 3.45. The molecule has 0 radical (unpaired) electrons. The van der Waals surface area contributed by atoms with Crippen LogP contribution in [0, 0.1) is 11.6 Å². The summed E-state index contributed by atoms with van der Waals surface area (Å²) in [6.07, 6.45) is 0.480. The molecule has 0 aliphatic rings. The summed E-state index contributed by atoms with van der Waals surface area (Å²) in [4.78, 5) is 11.0. The Bertz CT molecular complexity index is 594. The molecule has 0 atom stereocenters. The molecule has 0 saturated carbocycles. The van der Waals surface area contributed by atoms with E-state index in [4.69, 9.17) is 4.74 Å². The van der Waals surface area contributed by atoms with Gasteiger partial charge in [0.2, 0.25) is 0 Å². The van der Waals surface area contributed by atoms with Gasteiger partial charge < -0.3 is 4.74 Å². The molecule has 0 unspecified atom stereocenters. The second kappa shape index (κ2) is 4.96. The third kappa shape index (κ3) is 2.09. The molecule has 2 aromatic rings. The molecule has 0 bridgehead atoms. The molecule has 0 saturated heterocycles. The Labute approximate surface area is 103 Å². The molecule has 0 spiro atoms. The molecule has 0 fully saturated rings. The van der Waals surface area contributed by atoms with Gasteiger partial charge in [-0.1, -0.05) is 18.2 Å². The Hall–Kier alpha value is -2.23. The largest absolute Gasteiger partial charge is 0.497 e. The van der Waals surface area contributed by atoms with Crippen molar-refractivity contribution >= 4 is 6.29 Å². The highest BCUT2D eigenvalue weighted by Gasteiger charge is 2.16. The fraction of sp³-hybridized carbons (Fsp3) is 0.0714. The zero-order valence-electron chi connectivity index (χ0n) is 9.61. The Morgan fingerprint density at radius 2 is 1.83 bits per heavy atom. The average Bonchev–Trinajstić information content (AvgIpc) is 2.39. The highest BCUT2D eigenvalue weighted by molar-refractivity contribution is 5.88. The second-order valence-electron chi connectivity index (χ2n) is 3.67. The van der Waals surface area contributed by atoms with E-state index in [0.717, 1.165) is 6.07 Å².